The molecule has 1 aromatic heterocycles. The first-order chi connectivity index (χ1) is 11.2. The topological polar surface area (TPSA) is 75.8 Å². The van der Waals surface area contributed by atoms with Crippen molar-refractivity contribution in [2.75, 3.05) is 7.05 Å². The first kappa shape index (κ1) is 16.4. The van der Waals surface area contributed by atoms with Gasteiger partial charge in [-0.2, -0.15) is 0 Å². The van der Waals surface area contributed by atoms with Crippen molar-refractivity contribution in [3.8, 4) is 11.5 Å². The van der Waals surface area contributed by atoms with E-state index < -0.39 is 0 Å². The van der Waals surface area contributed by atoms with Crippen LogP contribution in [0, 0.1) is 13.8 Å². The zero-order valence-corrected chi connectivity index (χ0v) is 14.6. The third-order valence-electron chi connectivity index (χ3n) is 4.36. The van der Waals surface area contributed by atoms with E-state index in [9.17, 15) is 9.90 Å². The Morgan fingerprint density at radius 2 is 2.08 bits per heavy atom. The van der Waals surface area contributed by atoms with E-state index in [4.69, 9.17) is 9.26 Å². The Morgan fingerprint density at radius 3 is 2.71 bits per heavy atom. The molecule has 1 amide bonds. The van der Waals surface area contributed by atoms with Crippen LogP contribution < -0.4 is 4.74 Å². The Balaban J connectivity index is 1.86. The number of phenols is 1. The highest BCUT2D eigenvalue weighted by atomic mass is 16.5. The van der Waals surface area contributed by atoms with Gasteiger partial charge in [-0.25, -0.2) is 0 Å². The zero-order chi connectivity index (χ0) is 17.6. The monoisotopic (exact) mass is 330 g/mol. The molecule has 1 aliphatic rings. The minimum Gasteiger partial charge on any atom is -0.504 e. The maximum Gasteiger partial charge on any atom is 0.257 e. The summed E-state index contributed by atoms with van der Waals surface area (Å²) in [5, 5.41) is 14.4. The second-order valence-electron chi connectivity index (χ2n) is 6.95. The van der Waals surface area contributed by atoms with E-state index in [-0.39, 0.29) is 22.8 Å². The van der Waals surface area contributed by atoms with Crippen molar-refractivity contribution in [3.63, 3.8) is 0 Å². The highest BCUT2D eigenvalue weighted by Gasteiger charge is 2.34. The maximum absolute atomic E-state index is 12.7. The van der Waals surface area contributed by atoms with Gasteiger partial charge in [0.1, 0.15) is 11.4 Å². The Morgan fingerprint density at radius 1 is 1.38 bits per heavy atom. The van der Waals surface area contributed by atoms with Crippen molar-refractivity contribution in [3.05, 3.63) is 40.3 Å². The van der Waals surface area contributed by atoms with Crippen LogP contribution >= 0.6 is 0 Å². The average Bonchev–Trinajstić information content (AvgIpc) is 2.99. The molecule has 0 saturated carbocycles. The molecule has 0 atom stereocenters. The van der Waals surface area contributed by atoms with Crippen molar-refractivity contribution in [2.24, 2.45) is 0 Å². The smallest absolute Gasteiger partial charge is 0.257 e. The lowest BCUT2D eigenvalue weighted by Crippen LogP contribution is -2.27. The van der Waals surface area contributed by atoms with Gasteiger partial charge in [0.05, 0.1) is 17.8 Å². The number of phenolic OH excluding ortho intramolecular Hbond substituents is 1. The number of hydrogen-bond donors (Lipinski definition) is 1. The molecule has 0 unspecified atom stereocenters. The van der Waals surface area contributed by atoms with Crippen LogP contribution in [0.1, 0.15) is 46.8 Å². The molecule has 0 bridgehead atoms. The fraction of sp³-hybridized carbons (Fsp3) is 0.444. The first-order valence-electron chi connectivity index (χ1n) is 7.90. The fourth-order valence-corrected chi connectivity index (χ4v) is 3.05. The number of aryl methyl sites for hydroxylation is 2. The Labute approximate surface area is 141 Å². The Bertz CT molecular complexity index is 788. The number of nitrogens with zero attached hydrogens (tertiary/aromatic N) is 2. The molecule has 2 heterocycles. The predicted molar refractivity (Wildman–Crippen MR) is 88.3 cm³/mol. The number of rotatable bonds is 3. The second kappa shape index (κ2) is 5.54. The van der Waals surface area contributed by atoms with Crippen LogP contribution in [0.25, 0.3) is 0 Å². The molecule has 128 valence electrons. The molecular weight excluding hydrogens is 308 g/mol. The van der Waals surface area contributed by atoms with Crippen LogP contribution in [-0.2, 0) is 13.0 Å². The lowest BCUT2D eigenvalue weighted by atomic mass is 10.00. The van der Waals surface area contributed by atoms with Gasteiger partial charge < -0.3 is 19.3 Å². The summed E-state index contributed by atoms with van der Waals surface area (Å²) in [7, 11) is 1.69. The molecular formula is C18H22N2O4. The number of ether oxygens (including phenoxy) is 1. The van der Waals surface area contributed by atoms with E-state index in [2.05, 4.69) is 5.16 Å². The van der Waals surface area contributed by atoms with Gasteiger partial charge in [-0.3, -0.25) is 4.79 Å². The van der Waals surface area contributed by atoms with E-state index >= 15 is 0 Å². The highest BCUT2D eigenvalue weighted by molar-refractivity contribution is 5.97. The SMILES string of the molecule is Cc1noc(C)c1CN(C)C(=O)c1ccc2c(c1O)OC(C)(C)C2. The Hall–Kier alpha value is -2.50. The van der Waals surface area contributed by atoms with Crippen LogP contribution in [0.4, 0.5) is 0 Å². The molecule has 1 N–H and O–H groups in total. The molecule has 0 aliphatic carbocycles. The third kappa shape index (κ3) is 2.72. The third-order valence-corrected chi connectivity index (χ3v) is 4.36. The van der Waals surface area contributed by atoms with Crippen molar-refractivity contribution in [1.29, 1.82) is 0 Å². The summed E-state index contributed by atoms with van der Waals surface area (Å²) in [6.45, 7) is 7.93. The lowest BCUT2D eigenvalue weighted by Gasteiger charge is -2.19. The lowest BCUT2D eigenvalue weighted by molar-refractivity contribution is 0.0778. The summed E-state index contributed by atoms with van der Waals surface area (Å²) in [6, 6.07) is 3.51. The van der Waals surface area contributed by atoms with Crippen LogP contribution in [0.3, 0.4) is 0 Å². The average molecular weight is 330 g/mol. The molecule has 3 rings (SSSR count). The van der Waals surface area contributed by atoms with Gasteiger partial charge in [-0.15, -0.1) is 0 Å². The molecule has 1 aromatic carbocycles. The number of benzene rings is 1. The number of aromatic nitrogens is 1. The van der Waals surface area contributed by atoms with E-state index in [1.54, 1.807) is 13.1 Å². The quantitative estimate of drug-likeness (QED) is 0.936. The largest absolute Gasteiger partial charge is 0.504 e. The number of amides is 1. The molecule has 0 saturated heterocycles. The summed E-state index contributed by atoms with van der Waals surface area (Å²) in [5.74, 6) is 0.740. The van der Waals surface area contributed by atoms with Crippen molar-refractivity contribution in [1.82, 2.24) is 10.1 Å². The van der Waals surface area contributed by atoms with E-state index in [1.165, 1.54) is 4.90 Å². The molecule has 6 nitrogen and oxygen atoms in total. The van der Waals surface area contributed by atoms with E-state index in [1.807, 2.05) is 33.8 Å². The molecule has 0 spiro atoms. The number of aromatic hydroxyl groups is 1. The number of carbonyl (C=O) groups excluding carboxylic acids is 1. The minimum atomic E-state index is -0.371. The maximum atomic E-state index is 12.7. The molecule has 2 aromatic rings. The number of fused-ring (bicyclic) bond motifs is 1. The highest BCUT2D eigenvalue weighted by Crippen LogP contribution is 2.43. The minimum absolute atomic E-state index is 0.0892. The van der Waals surface area contributed by atoms with Gasteiger partial charge in [0.25, 0.3) is 5.91 Å². The summed E-state index contributed by atoms with van der Waals surface area (Å²) in [5.41, 5.74) is 2.42. The van der Waals surface area contributed by atoms with Crippen LogP contribution in [0.5, 0.6) is 11.5 Å². The normalized spacial score (nSPS) is 15.0. The standard InChI is InChI=1S/C18H22N2O4/c1-10-14(11(2)24-19-10)9-20(5)17(22)13-7-6-12-8-18(3,4)23-16(12)15(13)21/h6-7,21H,8-9H2,1-5H3. The molecule has 24 heavy (non-hydrogen) atoms. The number of carbonyl (C=O) groups is 1. The molecule has 0 radical (unpaired) electrons. The van der Waals surface area contributed by atoms with Crippen LogP contribution in [-0.4, -0.2) is 33.7 Å². The van der Waals surface area contributed by atoms with Crippen LogP contribution in [0.2, 0.25) is 0 Å². The van der Waals surface area contributed by atoms with E-state index in [0.29, 0.717) is 24.5 Å². The molecule has 6 heteroatoms. The predicted octanol–water partition coefficient (Wildman–Crippen LogP) is 2.98. The van der Waals surface area contributed by atoms with Gasteiger partial charge in [0.15, 0.2) is 11.5 Å². The second-order valence-corrected chi connectivity index (χ2v) is 6.95. The van der Waals surface area contributed by atoms with Gasteiger partial charge in [0.2, 0.25) is 0 Å². The van der Waals surface area contributed by atoms with Gasteiger partial charge in [-0.05, 0) is 33.8 Å². The molecule has 1 aliphatic heterocycles. The molecule has 0 fully saturated rings. The van der Waals surface area contributed by atoms with Gasteiger partial charge in [-0.1, -0.05) is 11.2 Å². The first-order valence-corrected chi connectivity index (χ1v) is 7.90. The van der Waals surface area contributed by atoms with Crippen molar-refractivity contribution >= 4 is 5.91 Å². The summed E-state index contributed by atoms with van der Waals surface area (Å²) in [4.78, 5) is 14.3. The summed E-state index contributed by atoms with van der Waals surface area (Å²) < 4.78 is 10.9. The van der Waals surface area contributed by atoms with Gasteiger partial charge in [0, 0.05) is 24.6 Å². The summed E-state index contributed by atoms with van der Waals surface area (Å²) in [6.07, 6.45) is 0.708. The van der Waals surface area contributed by atoms with Crippen molar-refractivity contribution in [2.45, 2.75) is 46.3 Å². The van der Waals surface area contributed by atoms with E-state index in [0.717, 1.165) is 16.8 Å². The summed E-state index contributed by atoms with van der Waals surface area (Å²) >= 11 is 0. The zero-order valence-electron chi connectivity index (χ0n) is 14.6. The van der Waals surface area contributed by atoms with Gasteiger partial charge >= 0.3 is 0 Å². The Kier molecular flexibility index (Phi) is 3.78. The van der Waals surface area contributed by atoms with Crippen molar-refractivity contribution < 1.29 is 19.2 Å². The number of hydrogen-bond acceptors (Lipinski definition) is 5. The van der Waals surface area contributed by atoms with Crippen LogP contribution in [0.15, 0.2) is 16.7 Å². The fourth-order valence-electron chi connectivity index (χ4n) is 3.05.